The third-order valence-electron chi connectivity index (χ3n) is 10.7. The van der Waals surface area contributed by atoms with Crippen molar-refractivity contribution >= 4 is 73.1 Å². The Kier molecular flexibility index (Phi) is 11.5. The normalized spacial score (nSPS) is 11.4. The minimum atomic E-state index is -0.657. The summed E-state index contributed by atoms with van der Waals surface area (Å²) in [5, 5.41) is 6.67. The van der Waals surface area contributed by atoms with Crippen molar-refractivity contribution in [2.45, 2.75) is 0 Å². The summed E-state index contributed by atoms with van der Waals surface area (Å²) in [7, 11) is -1.25. The molecule has 0 aliphatic rings. The molecular formula is C54H36O8P2. The minimum Gasteiger partial charge on any atom is -0.440 e. The van der Waals surface area contributed by atoms with Crippen LogP contribution in [0.15, 0.2) is 206 Å². The maximum atomic E-state index is 14.6. The van der Waals surface area contributed by atoms with E-state index in [1.165, 1.54) is 0 Å². The molecule has 0 bridgehead atoms. The number of hydrogen-bond donors (Lipinski definition) is 0. The molecule has 0 N–H and O–H groups in total. The molecule has 64 heavy (non-hydrogen) atoms. The van der Waals surface area contributed by atoms with Gasteiger partial charge in [-0.05, 0) is 80.8 Å². The maximum absolute atomic E-state index is 14.6. The van der Waals surface area contributed by atoms with E-state index in [9.17, 15) is 9.59 Å². The van der Waals surface area contributed by atoms with Gasteiger partial charge >= 0.3 is 11.9 Å². The lowest BCUT2D eigenvalue weighted by atomic mass is 9.88. The molecule has 0 aromatic heterocycles. The Morgan fingerprint density at radius 3 is 1.09 bits per heavy atom. The quantitative estimate of drug-likeness (QED) is 0.0643. The number of hydrogen-bond acceptors (Lipinski definition) is 8. The van der Waals surface area contributed by atoms with Crippen LogP contribution >= 0.6 is 18.1 Å². The standard InChI is InChI=1S/C54H36O8P2/c55-53(57-39-23-3-1-4-24-39)45-33-37-19-9-13-29-43(37)49(51(45)61-63-59-47-31-15-21-35-17-7-11-27-41(35)47)50-44-30-14-10-20-38(44)34-46(54(56)58-40-25-5-2-6-26-40)52(50)62-64-60-48-32-16-22-36-18-8-12-28-42(36)48/h1-34,63-64H. The molecule has 0 aliphatic heterocycles. The second-order valence-electron chi connectivity index (χ2n) is 14.6. The van der Waals surface area contributed by atoms with Gasteiger partial charge in [-0.15, -0.1) is 0 Å². The van der Waals surface area contributed by atoms with Crippen LogP contribution in [0.25, 0.3) is 54.2 Å². The van der Waals surface area contributed by atoms with Crippen molar-refractivity contribution in [1.82, 2.24) is 0 Å². The number of rotatable bonds is 13. The number of esters is 2. The maximum Gasteiger partial charge on any atom is 0.347 e. The molecule has 10 aromatic rings. The summed E-state index contributed by atoms with van der Waals surface area (Å²) in [6.07, 6.45) is 0. The average molecular weight is 875 g/mol. The number of ether oxygens (including phenoxy) is 2. The second kappa shape index (κ2) is 18.3. The minimum absolute atomic E-state index is 0.133. The first-order valence-corrected chi connectivity index (χ1v) is 22.0. The zero-order valence-electron chi connectivity index (χ0n) is 33.9. The van der Waals surface area contributed by atoms with Crippen molar-refractivity contribution in [3.63, 3.8) is 0 Å². The Hall–Kier alpha value is -7.76. The fourth-order valence-corrected chi connectivity index (χ4v) is 8.96. The van der Waals surface area contributed by atoms with Gasteiger partial charge < -0.3 is 27.6 Å². The van der Waals surface area contributed by atoms with E-state index >= 15 is 0 Å². The third-order valence-corrected chi connectivity index (χ3v) is 11.9. The predicted octanol–water partition coefficient (Wildman–Crippen LogP) is 14.3. The molecule has 8 nitrogen and oxygen atoms in total. The van der Waals surface area contributed by atoms with Crippen molar-refractivity contribution < 1.29 is 37.2 Å². The van der Waals surface area contributed by atoms with Gasteiger partial charge in [0, 0.05) is 21.9 Å². The van der Waals surface area contributed by atoms with Crippen molar-refractivity contribution in [2.24, 2.45) is 0 Å². The molecular weight excluding hydrogens is 839 g/mol. The van der Waals surface area contributed by atoms with E-state index in [-0.39, 0.29) is 22.6 Å². The van der Waals surface area contributed by atoms with Gasteiger partial charge in [0.15, 0.2) is 0 Å². The summed E-state index contributed by atoms with van der Waals surface area (Å²) in [5.41, 5.74) is 1.21. The van der Waals surface area contributed by atoms with Crippen LogP contribution in [0.5, 0.6) is 34.5 Å². The van der Waals surface area contributed by atoms with E-state index in [1.807, 2.05) is 146 Å². The molecule has 0 saturated heterocycles. The molecule has 2 unspecified atom stereocenters. The third kappa shape index (κ3) is 8.28. The molecule has 2 atom stereocenters. The Morgan fingerprint density at radius 1 is 0.328 bits per heavy atom. The summed E-state index contributed by atoms with van der Waals surface area (Å²) in [6.45, 7) is 0. The molecule has 0 amide bonds. The van der Waals surface area contributed by atoms with Crippen LogP contribution in [0.1, 0.15) is 20.7 Å². The smallest absolute Gasteiger partial charge is 0.347 e. The van der Waals surface area contributed by atoms with Crippen LogP contribution in [0.3, 0.4) is 0 Å². The highest BCUT2D eigenvalue weighted by atomic mass is 31.1. The van der Waals surface area contributed by atoms with E-state index in [2.05, 4.69) is 0 Å². The fourth-order valence-electron chi connectivity index (χ4n) is 7.75. The van der Waals surface area contributed by atoms with E-state index in [0.717, 1.165) is 21.5 Å². The Labute approximate surface area is 371 Å². The molecule has 0 spiro atoms. The SMILES string of the molecule is O=C(Oc1ccccc1)c1cc2ccccc2c(-c2c(OPOc3cccc4ccccc34)c(C(=O)Oc3ccccc3)cc3ccccc23)c1OPOc1cccc2ccccc12. The summed E-state index contributed by atoms with van der Waals surface area (Å²) < 4.78 is 38.4. The number of carbonyl (C=O) groups is 2. The molecule has 10 heteroatoms. The van der Waals surface area contributed by atoms with Gasteiger partial charge in [-0.25, -0.2) is 9.59 Å². The van der Waals surface area contributed by atoms with Gasteiger partial charge in [-0.3, -0.25) is 0 Å². The highest BCUT2D eigenvalue weighted by Crippen LogP contribution is 2.51. The van der Waals surface area contributed by atoms with Crippen LogP contribution in [-0.4, -0.2) is 11.9 Å². The van der Waals surface area contributed by atoms with Gasteiger partial charge in [-0.1, -0.05) is 158 Å². The summed E-state index contributed by atoms with van der Waals surface area (Å²) in [4.78, 5) is 29.1. The number of benzene rings is 10. The Balaban J connectivity index is 1.18. The van der Waals surface area contributed by atoms with Crippen molar-refractivity contribution in [3.05, 3.63) is 217 Å². The number of para-hydroxylation sites is 2. The Bertz CT molecular complexity index is 3110. The van der Waals surface area contributed by atoms with Crippen LogP contribution in [-0.2, 0) is 0 Å². The lowest BCUT2D eigenvalue weighted by Gasteiger charge is -2.23. The predicted molar refractivity (Wildman–Crippen MR) is 257 cm³/mol. The van der Waals surface area contributed by atoms with Crippen LogP contribution in [0.2, 0.25) is 0 Å². The summed E-state index contributed by atoms with van der Waals surface area (Å²) in [5.74, 6) is 0.953. The van der Waals surface area contributed by atoms with Crippen molar-refractivity contribution in [2.75, 3.05) is 0 Å². The van der Waals surface area contributed by atoms with Gasteiger partial charge in [0.05, 0.1) is 0 Å². The zero-order valence-corrected chi connectivity index (χ0v) is 35.9. The van der Waals surface area contributed by atoms with Crippen molar-refractivity contribution in [3.8, 4) is 45.6 Å². The molecule has 0 heterocycles. The number of carbonyl (C=O) groups excluding carboxylic acids is 2. The largest absolute Gasteiger partial charge is 0.440 e. The molecule has 10 aromatic carbocycles. The van der Waals surface area contributed by atoms with Gasteiger partial charge in [0.1, 0.15) is 45.6 Å². The highest BCUT2D eigenvalue weighted by molar-refractivity contribution is 7.27. The van der Waals surface area contributed by atoms with E-state index in [4.69, 9.17) is 27.6 Å². The molecule has 10 rings (SSSR count). The summed E-state index contributed by atoms with van der Waals surface area (Å²) >= 11 is 0. The molecule has 0 aliphatic carbocycles. The van der Waals surface area contributed by atoms with E-state index in [1.54, 1.807) is 60.7 Å². The first-order chi connectivity index (χ1) is 31.6. The highest BCUT2D eigenvalue weighted by Gasteiger charge is 2.30. The van der Waals surface area contributed by atoms with Gasteiger partial charge in [0.25, 0.3) is 18.1 Å². The lowest BCUT2D eigenvalue weighted by Crippen LogP contribution is -2.12. The average Bonchev–Trinajstić information content (AvgIpc) is 3.34. The van der Waals surface area contributed by atoms with Gasteiger partial charge in [0.2, 0.25) is 0 Å². The van der Waals surface area contributed by atoms with Crippen LogP contribution in [0.4, 0.5) is 0 Å². The Morgan fingerprint density at radius 2 is 0.672 bits per heavy atom. The topological polar surface area (TPSA) is 89.5 Å². The molecule has 0 saturated carbocycles. The summed E-state index contributed by atoms with van der Waals surface area (Å²) in [6, 6.07) is 64.0. The van der Waals surface area contributed by atoms with Crippen molar-refractivity contribution in [1.29, 1.82) is 0 Å². The van der Waals surface area contributed by atoms with Crippen LogP contribution in [0, 0.1) is 0 Å². The monoisotopic (exact) mass is 874 g/mol. The van der Waals surface area contributed by atoms with Crippen LogP contribution < -0.4 is 27.6 Å². The number of fused-ring (bicyclic) bond motifs is 4. The van der Waals surface area contributed by atoms with Gasteiger partial charge in [-0.2, -0.15) is 0 Å². The fraction of sp³-hybridized carbons (Fsp3) is 0. The zero-order chi connectivity index (χ0) is 43.2. The van der Waals surface area contributed by atoms with E-state index < -0.39 is 30.0 Å². The first-order valence-electron chi connectivity index (χ1n) is 20.4. The molecule has 0 radical (unpaired) electrons. The first kappa shape index (κ1) is 40.3. The lowest BCUT2D eigenvalue weighted by molar-refractivity contribution is 0.0723. The molecule has 0 fully saturated rings. The van der Waals surface area contributed by atoms with E-state index in [0.29, 0.717) is 55.7 Å². The second-order valence-corrected chi connectivity index (χ2v) is 15.8. The molecule has 310 valence electrons.